The third kappa shape index (κ3) is 3.45. The Hall–Kier alpha value is -0.569. The first-order valence-electron chi connectivity index (χ1n) is 8.84. The zero-order valence-corrected chi connectivity index (χ0v) is 19.8. The number of fused-ring (bicyclic) bond motifs is 3. The predicted octanol–water partition coefficient (Wildman–Crippen LogP) is 0.114. The summed E-state index contributed by atoms with van der Waals surface area (Å²) in [5.74, 6) is 0.653. The average Bonchev–Trinajstić information content (AvgIpc) is 3.08. The van der Waals surface area contributed by atoms with Gasteiger partial charge in [-0.05, 0) is 0 Å². The maximum Gasteiger partial charge on any atom is -1.00 e. The molecule has 0 saturated heterocycles. The molecule has 0 aromatic heterocycles. The summed E-state index contributed by atoms with van der Waals surface area (Å²) in [4.78, 5) is 0. The van der Waals surface area contributed by atoms with E-state index in [0.717, 1.165) is 0 Å². The van der Waals surface area contributed by atoms with Crippen molar-refractivity contribution in [3.05, 3.63) is 81.3 Å². The smallest absolute Gasteiger partial charge is 1.00 e. The second kappa shape index (κ2) is 8.63. The van der Waals surface area contributed by atoms with Crippen LogP contribution in [0.1, 0.15) is 29.2 Å². The Kier molecular flexibility index (Phi) is 7.21. The molecule has 2 aliphatic rings. The van der Waals surface area contributed by atoms with Gasteiger partial charge >= 0.3 is 152 Å². The number of benzene rings is 2. The molecule has 0 saturated carbocycles. The van der Waals surface area contributed by atoms with Crippen LogP contribution >= 0.6 is 0 Å². The molecule has 0 N–H and O–H groups in total. The number of hydrogen-bond donors (Lipinski definition) is 0. The Morgan fingerprint density at radius 1 is 0.846 bits per heavy atom. The Balaban J connectivity index is 0.00000121. The average molecular weight is 435 g/mol. The predicted molar refractivity (Wildman–Crippen MR) is 102 cm³/mol. The Morgan fingerprint density at radius 3 is 1.77 bits per heavy atom. The van der Waals surface area contributed by atoms with Gasteiger partial charge in [-0.15, -0.1) is 0 Å². The minimum Gasteiger partial charge on any atom is -1.00 e. The van der Waals surface area contributed by atoms with Crippen LogP contribution in [0, 0.1) is 5.92 Å². The first-order valence-corrected chi connectivity index (χ1v) is 15.4. The molecule has 0 radical (unpaired) electrons. The molecule has 0 aliphatic heterocycles. The van der Waals surface area contributed by atoms with Crippen molar-refractivity contribution >= 4 is 6.19 Å². The zero-order chi connectivity index (χ0) is 16.8. The van der Waals surface area contributed by atoms with E-state index in [9.17, 15) is 0 Å². The van der Waals surface area contributed by atoms with Crippen LogP contribution in [0.3, 0.4) is 0 Å². The van der Waals surface area contributed by atoms with Crippen LogP contribution in [0.5, 0.6) is 0 Å². The summed E-state index contributed by atoms with van der Waals surface area (Å²) in [6.07, 6.45) is 4.49. The summed E-state index contributed by atoms with van der Waals surface area (Å²) in [7, 11) is 0. The SMILES string of the molecule is CC1=[C]([Ti+2]([CH]2c3ccccc3-c3ccccc32)=[Si](C)C)C(C)C=C1.[Cl-].[Cl-]. The van der Waals surface area contributed by atoms with Crippen molar-refractivity contribution in [2.24, 2.45) is 5.92 Å². The largest absolute Gasteiger partial charge is 1.00 e. The van der Waals surface area contributed by atoms with E-state index in [1.165, 1.54) is 11.1 Å². The minimum absolute atomic E-state index is 0. The molecule has 2 aliphatic carbocycles. The van der Waals surface area contributed by atoms with E-state index in [-0.39, 0.29) is 31.0 Å². The summed E-state index contributed by atoms with van der Waals surface area (Å²) in [5, 5.41) is 0. The fourth-order valence-corrected chi connectivity index (χ4v) is 17.8. The quantitative estimate of drug-likeness (QED) is 0.588. The van der Waals surface area contributed by atoms with Crippen molar-refractivity contribution in [3.63, 3.8) is 0 Å². The van der Waals surface area contributed by atoms with Crippen LogP contribution in [-0.2, 0) is 16.6 Å². The molecule has 134 valence electrons. The number of rotatable bonds is 2. The molecule has 1 atom stereocenters. The molecule has 0 heterocycles. The van der Waals surface area contributed by atoms with Gasteiger partial charge in [0, 0.05) is 0 Å². The van der Waals surface area contributed by atoms with E-state index >= 15 is 0 Å². The molecule has 0 nitrogen and oxygen atoms in total. The van der Waals surface area contributed by atoms with E-state index in [1.54, 1.807) is 16.7 Å². The van der Waals surface area contributed by atoms with Gasteiger partial charge in [0.1, 0.15) is 0 Å². The van der Waals surface area contributed by atoms with Crippen LogP contribution in [0.25, 0.3) is 11.1 Å². The summed E-state index contributed by atoms with van der Waals surface area (Å²) in [6.45, 7) is 9.89. The Bertz CT molecular complexity index is 878. The minimum atomic E-state index is -1.43. The summed E-state index contributed by atoms with van der Waals surface area (Å²) >= 11 is -1.43. The summed E-state index contributed by atoms with van der Waals surface area (Å²) < 4.78 is 2.54. The molecule has 0 fully saturated rings. The molecule has 2 aromatic carbocycles. The van der Waals surface area contributed by atoms with Crippen molar-refractivity contribution in [2.75, 3.05) is 0 Å². The van der Waals surface area contributed by atoms with Crippen molar-refractivity contribution < 1.29 is 41.4 Å². The normalized spacial score (nSPS) is 17.0. The number of halogens is 2. The maximum atomic E-state index is 2.56. The third-order valence-corrected chi connectivity index (χ3v) is 18.0. The van der Waals surface area contributed by atoms with E-state index in [1.807, 2.05) is 3.88 Å². The van der Waals surface area contributed by atoms with E-state index < -0.39 is 16.6 Å². The van der Waals surface area contributed by atoms with Crippen molar-refractivity contribution in [2.45, 2.75) is 31.2 Å². The monoisotopic (exact) mass is 434 g/mol. The standard InChI is InChI=1S/C13H9.C7H9.C2H6Si.2ClH.Ti/c1-3-7-12-10(5-1)9-11-6-2-4-8-13(11)12;1-6-3-4-7(2)5-6;1-3-2;;;/h1-9H;3-4,6H,1-2H3;1-2H3;2*1H;/q;;;;;+2/p-2. The number of hydrogen-bond acceptors (Lipinski definition) is 0. The van der Waals surface area contributed by atoms with Gasteiger partial charge in [-0.2, -0.15) is 0 Å². The van der Waals surface area contributed by atoms with Gasteiger partial charge in [0.2, 0.25) is 0 Å². The molecular formula is C22H24Cl2SiTi. The van der Waals surface area contributed by atoms with Crippen LogP contribution in [0.15, 0.2) is 70.1 Å². The molecular weight excluding hydrogens is 411 g/mol. The first kappa shape index (κ1) is 21.7. The molecule has 4 rings (SSSR count). The molecule has 26 heavy (non-hydrogen) atoms. The Morgan fingerprint density at radius 2 is 1.35 bits per heavy atom. The van der Waals surface area contributed by atoms with Crippen molar-refractivity contribution in [1.29, 1.82) is 0 Å². The van der Waals surface area contributed by atoms with Gasteiger partial charge < -0.3 is 24.8 Å². The van der Waals surface area contributed by atoms with Crippen molar-refractivity contribution in [1.82, 2.24) is 0 Å². The van der Waals surface area contributed by atoms with Gasteiger partial charge in [0.05, 0.1) is 0 Å². The van der Waals surface area contributed by atoms with Crippen molar-refractivity contribution in [3.8, 4) is 11.1 Å². The third-order valence-electron chi connectivity index (χ3n) is 5.47. The van der Waals surface area contributed by atoms with E-state index in [4.69, 9.17) is 0 Å². The molecule has 2 aromatic rings. The van der Waals surface area contributed by atoms with Gasteiger partial charge in [0.15, 0.2) is 0 Å². The maximum absolute atomic E-state index is 2.56. The van der Waals surface area contributed by atoms with E-state index in [2.05, 4.69) is 87.6 Å². The van der Waals surface area contributed by atoms with E-state index in [0.29, 0.717) is 10.1 Å². The molecule has 0 spiro atoms. The fourth-order valence-electron chi connectivity index (χ4n) is 4.47. The van der Waals surface area contributed by atoms with Crippen LogP contribution in [0.2, 0.25) is 13.1 Å². The summed E-state index contributed by atoms with van der Waals surface area (Å²) in [6, 6.07) is 18.4. The summed E-state index contributed by atoms with van der Waals surface area (Å²) in [5.41, 5.74) is 7.77. The second-order valence-corrected chi connectivity index (χ2v) is 19.2. The second-order valence-electron chi connectivity index (χ2n) is 7.27. The molecule has 0 amide bonds. The molecule has 0 bridgehead atoms. The molecule has 4 heteroatoms. The Labute approximate surface area is 176 Å². The van der Waals surface area contributed by atoms with Crippen LogP contribution in [-0.4, -0.2) is 6.19 Å². The fraction of sp³-hybridized carbons (Fsp3) is 0.273. The topological polar surface area (TPSA) is 0 Å². The van der Waals surface area contributed by atoms with Gasteiger partial charge in [-0.25, -0.2) is 0 Å². The number of allylic oxidation sites excluding steroid dienone is 4. The van der Waals surface area contributed by atoms with Gasteiger partial charge in [-0.3, -0.25) is 0 Å². The molecule has 1 unspecified atom stereocenters. The first-order chi connectivity index (χ1) is 11.6. The van der Waals surface area contributed by atoms with Gasteiger partial charge in [0.25, 0.3) is 0 Å². The van der Waals surface area contributed by atoms with Crippen LogP contribution < -0.4 is 24.8 Å². The van der Waals surface area contributed by atoms with Crippen LogP contribution in [0.4, 0.5) is 0 Å². The van der Waals surface area contributed by atoms with Gasteiger partial charge in [-0.1, -0.05) is 0 Å². The zero-order valence-electron chi connectivity index (χ0n) is 15.7.